The van der Waals surface area contributed by atoms with E-state index in [-0.39, 0.29) is 23.2 Å². The van der Waals surface area contributed by atoms with Crippen molar-refractivity contribution in [1.82, 2.24) is 15.3 Å². The van der Waals surface area contributed by atoms with Crippen molar-refractivity contribution in [3.8, 4) is 22.9 Å². The third-order valence-electron chi connectivity index (χ3n) is 4.80. The molecule has 168 valence electrons. The SMILES string of the molecule is COc1c(F)cccc1Nc1c(-c2ccnc(OCC(F)(F)F)c2)[nH]c2c1C(=O)NCC2. The molecule has 0 spiro atoms. The number of carbonyl (C=O) groups is 1. The first-order valence-corrected chi connectivity index (χ1v) is 9.55. The summed E-state index contributed by atoms with van der Waals surface area (Å²) >= 11 is 0. The average molecular weight is 450 g/mol. The van der Waals surface area contributed by atoms with Crippen LogP contribution < -0.4 is 20.1 Å². The molecule has 4 rings (SSSR count). The number of halogens is 4. The summed E-state index contributed by atoms with van der Waals surface area (Å²) in [5.41, 5.74) is 2.41. The lowest BCUT2D eigenvalue weighted by Gasteiger charge is -2.16. The Kier molecular flexibility index (Phi) is 5.64. The van der Waals surface area contributed by atoms with E-state index >= 15 is 0 Å². The molecule has 1 aliphatic rings. The number of hydrogen-bond acceptors (Lipinski definition) is 5. The van der Waals surface area contributed by atoms with E-state index < -0.39 is 18.6 Å². The molecular weight excluding hydrogens is 432 g/mol. The molecule has 7 nitrogen and oxygen atoms in total. The van der Waals surface area contributed by atoms with Crippen LogP contribution in [0.5, 0.6) is 11.6 Å². The Morgan fingerprint density at radius 1 is 1.25 bits per heavy atom. The van der Waals surface area contributed by atoms with Gasteiger partial charge in [-0.3, -0.25) is 4.79 Å². The first-order valence-electron chi connectivity index (χ1n) is 9.55. The molecule has 2 aromatic heterocycles. The summed E-state index contributed by atoms with van der Waals surface area (Å²) in [6.07, 6.45) is -2.70. The standard InChI is InChI=1S/C21H18F4N4O3/c1-31-19-12(22)3-2-4-14(19)29-18-16-13(6-8-27-20(16)30)28-17(18)11-5-7-26-15(9-11)32-10-21(23,24)25/h2-5,7,9,28-29H,6,8,10H2,1H3,(H,27,30). The minimum Gasteiger partial charge on any atom is -0.492 e. The first-order chi connectivity index (χ1) is 15.3. The van der Waals surface area contributed by atoms with Gasteiger partial charge in [-0.2, -0.15) is 13.2 Å². The van der Waals surface area contributed by atoms with Crippen LogP contribution >= 0.6 is 0 Å². The minimum absolute atomic E-state index is 0.0476. The molecular formula is C21H18F4N4O3. The Morgan fingerprint density at radius 3 is 2.81 bits per heavy atom. The van der Waals surface area contributed by atoms with Gasteiger partial charge in [0, 0.05) is 36.5 Å². The van der Waals surface area contributed by atoms with Gasteiger partial charge in [0.15, 0.2) is 18.2 Å². The van der Waals surface area contributed by atoms with E-state index in [1.807, 2.05) is 0 Å². The number of amides is 1. The highest BCUT2D eigenvalue weighted by molar-refractivity contribution is 6.06. The number of ether oxygens (including phenoxy) is 2. The summed E-state index contributed by atoms with van der Waals surface area (Å²) in [4.78, 5) is 19.6. The second kappa shape index (κ2) is 8.40. The van der Waals surface area contributed by atoms with Crippen LogP contribution in [0.15, 0.2) is 36.5 Å². The number of rotatable bonds is 6. The number of anilines is 2. The van der Waals surface area contributed by atoms with Gasteiger partial charge in [-0.25, -0.2) is 9.37 Å². The number of fused-ring (bicyclic) bond motifs is 1. The number of alkyl halides is 3. The van der Waals surface area contributed by atoms with Crippen LogP contribution in [0.4, 0.5) is 28.9 Å². The van der Waals surface area contributed by atoms with Crippen LogP contribution in [0, 0.1) is 5.82 Å². The number of hydrogen-bond donors (Lipinski definition) is 3. The third-order valence-corrected chi connectivity index (χ3v) is 4.80. The number of methoxy groups -OCH3 is 1. The summed E-state index contributed by atoms with van der Waals surface area (Å²) in [7, 11) is 1.32. The summed E-state index contributed by atoms with van der Waals surface area (Å²) in [6, 6.07) is 7.18. The number of para-hydroxylation sites is 1. The molecule has 0 atom stereocenters. The second-order valence-electron chi connectivity index (χ2n) is 6.97. The van der Waals surface area contributed by atoms with Gasteiger partial charge < -0.3 is 25.1 Å². The van der Waals surface area contributed by atoms with Crippen molar-refractivity contribution in [3.05, 3.63) is 53.6 Å². The van der Waals surface area contributed by atoms with Crippen molar-refractivity contribution in [2.75, 3.05) is 25.6 Å². The normalized spacial score (nSPS) is 13.3. The lowest BCUT2D eigenvalue weighted by molar-refractivity contribution is -0.154. The van der Waals surface area contributed by atoms with E-state index in [2.05, 4.69) is 20.6 Å². The number of nitrogens with zero attached hydrogens (tertiary/aromatic N) is 1. The highest BCUT2D eigenvalue weighted by atomic mass is 19.4. The Balaban J connectivity index is 1.79. The highest BCUT2D eigenvalue weighted by Gasteiger charge is 2.30. The summed E-state index contributed by atoms with van der Waals surface area (Å²) in [6.45, 7) is -1.07. The molecule has 0 fully saturated rings. The molecule has 0 bridgehead atoms. The van der Waals surface area contributed by atoms with Crippen molar-refractivity contribution >= 4 is 17.3 Å². The molecule has 0 saturated carbocycles. The van der Waals surface area contributed by atoms with E-state index in [0.29, 0.717) is 41.2 Å². The zero-order valence-electron chi connectivity index (χ0n) is 16.8. The molecule has 1 aliphatic heterocycles. The molecule has 11 heteroatoms. The van der Waals surface area contributed by atoms with Gasteiger partial charge in [0.25, 0.3) is 5.91 Å². The largest absolute Gasteiger partial charge is 0.492 e. The molecule has 0 aliphatic carbocycles. The van der Waals surface area contributed by atoms with Crippen molar-refractivity contribution in [2.24, 2.45) is 0 Å². The number of aromatic nitrogens is 2. The fourth-order valence-corrected chi connectivity index (χ4v) is 3.47. The van der Waals surface area contributed by atoms with E-state index in [4.69, 9.17) is 9.47 Å². The number of nitrogens with one attached hydrogen (secondary N) is 3. The van der Waals surface area contributed by atoms with E-state index in [1.54, 1.807) is 12.1 Å². The lowest BCUT2D eigenvalue weighted by Crippen LogP contribution is -2.31. The lowest BCUT2D eigenvalue weighted by atomic mass is 10.1. The Labute approximate surface area is 179 Å². The Hall–Kier alpha value is -3.76. The number of benzene rings is 1. The van der Waals surface area contributed by atoms with Crippen molar-refractivity contribution < 1.29 is 31.8 Å². The van der Waals surface area contributed by atoms with Gasteiger partial charge in [-0.15, -0.1) is 0 Å². The number of aromatic amines is 1. The van der Waals surface area contributed by atoms with Gasteiger partial charge >= 0.3 is 6.18 Å². The van der Waals surface area contributed by atoms with Gasteiger partial charge in [-0.1, -0.05) is 6.07 Å². The third kappa shape index (κ3) is 4.32. The van der Waals surface area contributed by atoms with E-state index in [1.165, 1.54) is 31.5 Å². The molecule has 1 amide bonds. The van der Waals surface area contributed by atoms with Crippen LogP contribution in [-0.2, 0) is 6.42 Å². The predicted molar refractivity (Wildman–Crippen MR) is 108 cm³/mol. The van der Waals surface area contributed by atoms with Crippen molar-refractivity contribution in [1.29, 1.82) is 0 Å². The molecule has 1 aromatic carbocycles. The summed E-state index contributed by atoms with van der Waals surface area (Å²) < 4.78 is 61.6. The minimum atomic E-state index is -4.51. The first kappa shape index (κ1) is 21.5. The maximum Gasteiger partial charge on any atom is 0.422 e. The van der Waals surface area contributed by atoms with E-state index in [0.717, 1.165) is 0 Å². The number of pyridine rings is 1. The summed E-state index contributed by atoms with van der Waals surface area (Å²) in [5, 5.41) is 5.80. The molecule has 0 unspecified atom stereocenters. The zero-order chi connectivity index (χ0) is 22.9. The highest BCUT2D eigenvalue weighted by Crippen LogP contribution is 2.39. The van der Waals surface area contributed by atoms with E-state index in [9.17, 15) is 22.4 Å². The molecule has 0 radical (unpaired) electrons. The number of carbonyl (C=O) groups excluding carboxylic acids is 1. The fraction of sp³-hybridized carbons (Fsp3) is 0.238. The molecule has 3 aromatic rings. The van der Waals surface area contributed by atoms with Gasteiger partial charge in [0.1, 0.15) is 0 Å². The van der Waals surface area contributed by atoms with Crippen LogP contribution in [-0.4, -0.2) is 42.3 Å². The monoisotopic (exact) mass is 450 g/mol. The quantitative estimate of drug-likeness (QED) is 0.490. The van der Waals surface area contributed by atoms with Crippen LogP contribution in [0.3, 0.4) is 0 Å². The maximum absolute atomic E-state index is 14.2. The van der Waals surface area contributed by atoms with Crippen LogP contribution in [0.25, 0.3) is 11.3 Å². The zero-order valence-corrected chi connectivity index (χ0v) is 16.8. The molecule has 0 saturated heterocycles. The summed E-state index contributed by atoms with van der Waals surface area (Å²) in [5.74, 6) is -1.21. The predicted octanol–water partition coefficient (Wildman–Crippen LogP) is 4.20. The Bertz CT molecular complexity index is 1160. The molecule has 3 heterocycles. The van der Waals surface area contributed by atoms with Gasteiger partial charge in [-0.05, 0) is 18.2 Å². The average Bonchev–Trinajstić information content (AvgIpc) is 3.12. The van der Waals surface area contributed by atoms with Gasteiger partial charge in [0.05, 0.1) is 29.7 Å². The van der Waals surface area contributed by atoms with Gasteiger partial charge in [0.2, 0.25) is 5.88 Å². The van der Waals surface area contributed by atoms with Crippen molar-refractivity contribution in [2.45, 2.75) is 12.6 Å². The maximum atomic E-state index is 14.2. The fourth-order valence-electron chi connectivity index (χ4n) is 3.47. The number of H-pyrrole nitrogens is 1. The van der Waals surface area contributed by atoms with Crippen molar-refractivity contribution in [3.63, 3.8) is 0 Å². The molecule has 3 N–H and O–H groups in total. The Morgan fingerprint density at radius 2 is 2.06 bits per heavy atom. The molecule has 32 heavy (non-hydrogen) atoms. The van der Waals surface area contributed by atoms with Crippen LogP contribution in [0.1, 0.15) is 16.1 Å². The second-order valence-corrected chi connectivity index (χ2v) is 6.97. The smallest absolute Gasteiger partial charge is 0.422 e. The van der Waals surface area contributed by atoms with Crippen LogP contribution in [0.2, 0.25) is 0 Å². The topological polar surface area (TPSA) is 88.3 Å².